The van der Waals surface area contributed by atoms with Crippen LogP contribution in [0.5, 0.6) is 0 Å². The molecule has 2 rings (SSSR count). The Morgan fingerprint density at radius 3 is 2.94 bits per heavy atom. The van der Waals surface area contributed by atoms with Gasteiger partial charge in [-0.1, -0.05) is 22.0 Å². The molecule has 1 aromatic carbocycles. The summed E-state index contributed by atoms with van der Waals surface area (Å²) in [5.41, 5.74) is 9.00. The number of thiazole rings is 1. The highest BCUT2D eigenvalue weighted by atomic mass is 79.9. The average molecular weight is 326 g/mol. The van der Waals surface area contributed by atoms with Gasteiger partial charge in [0.2, 0.25) is 0 Å². The number of hydrogen-bond acceptors (Lipinski definition) is 4. The molecule has 0 fully saturated rings. The van der Waals surface area contributed by atoms with Crippen molar-refractivity contribution in [1.82, 2.24) is 10.3 Å². The molecule has 2 aromatic rings. The van der Waals surface area contributed by atoms with Gasteiger partial charge in [0.05, 0.1) is 5.01 Å². The summed E-state index contributed by atoms with van der Waals surface area (Å²) in [6.45, 7) is 3.74. The Balaban J connectivity index is 1.78. The zero-order chi connectivity index (χ0) is 13.0. The Bertz CT molecular complexity index is 525. The summed E-state index contributed by atoms with van der Waals surface area (Å²) < 4.78 is 1.02. The van der Waals surface area contributed by atoms with Gasteiger partial charge in [-0.25, -0.2) is 4.98 Å². The van der Waals surface area contributed by atoms with Gasteiger partial charge >= 0.3 is 0 Å². The van der Waals surface area contributed by atoms with Gasteiger partial charge in [-0.15, -0.1) is 11.3 Å². The van der Waals surface area contributed by atoms with Gasteiger partial charge in [-0.2, -0.15) is 0 Å². The number of nitrogens with one attached hydrogen (secondary N) is 1. The minimum atomic E-state index is 0.795. The summed E-state index contributed by atoms with van der Waals surface area (Å²) in [7, 11) is 0. The van der Waals surface area contributed by atoms with Gasteiger partial charge in [0.15, 0.2) is 0 Å². The lowest BCUT2D eigenvalue weighted by Crippen LogP contribution is -2.17. The van der Waals surface area contributed by atoms with E-state index in [9.17, 15) is 0 Å². The lowest BCUT2D eigenvalue weighted by molar-refractivity contribution is 0.686. The minimum absolute atomic E-state index is 0.795. The highest BCUT2D eigenvalue weighted by Crippen LogP contribution is 2.18. The number of halogens is 1. The van der Waals surface area contributed by atoms with Gasteiger partial charge in [0.25, 0.3) is 0 Å². The van der Waals surface area contributed by atoms with E-state index in [2.05, 4.69) is 31.6 Å². The summed E-state index contributed by atoms with van der Waals surface area (Å²) in [5.74, 6) is 0. The maximum absolute atomic E-state index is 5.94. The molecule has 0 unspecified atom stereocenters. The Kier molecular flexibility index (Phi) is 4.74. The smallest absolute Gasteiger partial charge is 0.0940 e. The summed E-state index contributed by atoms with van der Waals surface area (Å²) >= 11 is 5.12. The van der Waals surface area contributed by atoms with Crippen LogP contribution in [0.25, 0.3) is 0 Å². The zero-order valence-corrected chi connectivity index (χ0v) is 12.6. The molecule has 0 amide bonds. The second-order valence-corrected chi connectivity index (χ2v) is 6.01. The predicted octanol–water partition coefficient (Wildman–Crippen LogP) is 3.13. The molecule has 1 aromatic heterocycles. The van der Waals surface area contributed by atoms with E-state index >= 15 is 0 Å². The molecule has 0 saturated carbocycles. The number of aryl methyl sites for hydroxylation is 1. The third-order valence-electron chi connectivity index (χ3n) is 2.61. The van der Waals surface area contributed by atoms with Crippen molar-refractivity contribution in [1.29, 1.82) is 0 Å². The van der Waals surface area contributed by atoms with E-state index in [1.807, 2.05) is 25.1 Å². The molecule has 0 atom stereocenters. The maximum Gasteiger partial charge on any atom is 0.0940 e. The van der Waals surface area contributed by atoms with Gasteiger partial charge in [0, 0.05) is 40.7 Å². The molecule has 0 spiro atoms. The number of anilines is 1. The first kappa shape index (κ1) is 13.5. The summed E-state index contributed by atoms with van der Waals surface area (Å²) in [6.07, 6.45) is 0.967. The summed E-state index contributed by atoms with van der Waals surface area (Å²) in [6, 6.07) is 5.98. The van der Waals surface area contributed by atoms with Crippen LogP contribution in [0.15, 0.2) is 28.1 Å². The number of hydrogen-bond donors (Lipinski definition) is 2. The maximum atomic E-state index is 5.94. The van der Waals surface area contributed by atoms with Crippen LogP contribution in [0.2, 0.25) is 0 Å². The highest BCUT2D eigenvalue weighted by Gasteiger charge is 2.01. The molecule has 0 aliphatic rings. The molecular weight excluding hydrogens is 310 g/mol. The summed E-state index contributed by atoms with van der Waals surface area (Å²) in [5, 5.41) is 6.66. The van der Waals surface area contributed by atoms with Crippen LogP contribution in [0, 0.1) is 6.92 Å². The number of rotatable bonds is 5. The second-order valence-electron chi connectivity index (χ2n) is 4.15. The van der Waals surface area contributed by atoms with E-state index in [1.165, 1.54) is 5.01 Å². The number of nitrogens with zero attached hydrogens (tertiary/aromatic N) is 1. The van der Waals surface area contributed by atoms with Crippen molar-refractivity contribution >= 4 is 33.0 Å². The van der Waals surface area contributed by atoms with Gasteiger partial charge in [-0.3, -0.25) is 0 Å². The molecule has 3 nitrogen and oxygen atoms in total. The van der Waals surface area contributed by atoms with E-state index in [0.717, 1.165) is 40.9 Å². The number of benzene rings is 1. The van der Waals surface area contributed by atoms with Crippen LogP contribution in [0.1, 0.15) is 16.3 Å². The van der Waals surface area contributed by atoms with Gasteiger partial charge in [-0.05, 0) is 24.6 Å². The van der Waals surface area contributed by atoms with Gasteiger partial charge in [0.1, 0.15) is 0 Å². The van der Waals surface area contributed by atoms with Crippen LogP contribution in [0.3, 0.4) is 0 Å². The Hall–Kier alpha value is -0.910. The molecule has 18 heavy (non-hydrogen) atoms. The van der Waals surface area contributed by atoms with Gasteiger partial charge < -0.3 is 11.1 Å². The predicted molar refractivity (Wildman–Crippen MR) is 80.8 cm³/mol. The Morgan fingerprint density at radius 2 is 2.28 bits per heavy atom. The number of aromatic nitrogens is 1. The van der Waals surface area contributed by atoms with Crippen LogP contribution >= 0.6 is 27.3 Å². The lowest BCUT2D eigenvalue weighted by Gasteiger charge is -2.07. The molecule has 3 N–H and O–H groups in total. The number of nitrogens with two attached hydrogens (primary N) is 1. The SMILES string of the molecule is Cc1csc(CCNCc2ccc(Br)cc2N)n1. The van der Waals surface area contributed by atoms with Crippen molar-refractivity contribution in [3.8, 4) is 0 Å². The molecule has 0 aliphatic carbocycles. The molecule has 0 saturated heterocycles. The normalized spacial score (nSPS) is 10.8. The lowest BCUT2D eigenvalue weighted by atomic mass is 10.2. The van der Waals surface area contributed by atoms with Crippen LogP contribution < -0.4 is 11.1 Å². The zero-order valence-electron chi connectivity index (χ0n) is 10.2. The topological polar surface area (TPSA) is 50.9 Å². The van der Waals surface area contributed by atoms with E-state index in [-0.39, 0.29) is 0 Å². The molecule has 5 heteroatoms. The standard InChI is InChI=1S/C13H16BrN3S/c1-9-8-18-13(17-9)4-5-16-7-10-2-3-11(14)6-12(10)15/h2-3,6,8,16H,4-5,7,15H2,1H3. The minimum Gasteiger partial charge on any atom is -0.398 e. The molecular formula is C13H16BrN3S. The molecule has 0 aliphatic heterocycles. The van der Waals surface area contributed by atoms with E-state index in [1.54, 1.807) is 11.3 Å². The van der Waals surface area contributed by atoms with Crippen molar-refractivity contribution in [2.45, 2.75) is 19.9 Å². The fourth-order valence-corrected chi connectivity index (χ4v) is 2.82. The summed E-state index contributed by atoms with van der Waals surface area (Å²) in [4.78, 5) is 4.43. The molecule has 96 valence electrons. The third-order valence-corrected chi connectivity index (χ3v) is 4.13. The van der Waals surface area contributed by atoms with Crippen molar-refractivity contribution in [3.05, 3.63) is 44.3 Å². The quantitative estimate of drug-likeness (QED) is 0.656. The molecule has 0 bridgehead atoms. The monoisotopic (exact) mass is 325 g/mol. The van der Waals surface area contributed by atoms with Crippen molar-refractivity contribution in [2.24, 2.45) is 0 Å². The van der Waals surface area contributed by atoms with E-state index < -0.39 is 0 Å². The Labute approximate surface area is 120 Å². The van der Waals surface area contributed by atoms with E-state index in [4.69, 9.17) is 5.73 Å². The Morgan fingerprint density at radius 1 is 1.44 bits per heavy atom. The fourth-order valence-electron chi connectivity index (χ4n) is 1.66. The highest BCUT2D eigenvalue weighted by molar-refractivity contribution is 9.10. The number of nitrogen functional groups attached to an aromatic ring is 1. The van der Waals surface area contributed by atoms with Crippen molar-refractivity contribution in [2.75, 3.05) is 12.3 Å². The molecule has 1 heterocycles. The first-order valence-electron chi connectivity index (χ1n) is 5.81. The average Bonchev–Trinajstić information content (AvgIpc) is 2.73. The first-order valence-corrected chi connectivity index (χ1v) is 7.48. The van der Waals surface area contributed by atoms with Crippen LogP contribution in [0.4, 0.5) is 5.69 Å². The second kappa shape index (κ2) is 6.31. The van der Waals surface area contributed by atoms with Crippen molar-refractivity contribution < 1.29 is 0 Å². The van der Waals surface area contributed by atoms with Crippen LogP contribution in [-0.2, 0) is 13.0 Å². The third kappa shape index (κ3) is 3.80. The van der Waals surface area contributed by atoms with Crippen molar-refractivity contribution in [3.63, 3.8) is 0 Å². The largest absolute Gasteiger partial charge is 0.398 e. The molecule has 0 radical (unpaired) electrons. The van der Waals surface area contributed by atoms with E-state index in [0.29, 0.717) is 0 Å². The van der Waals surface area contributed by atoms with Crippen LogP contribution in [-0.4, -0.2) is 11.5 Å². The fraction of sp³-hybridized carbons (Fsp3) is 0.308. The first-order chi connectivity index (χ1) is 8.65.